The van der Waals surface area contributed by atoms with Crippen molar-refractivity contribution in [1.29, 1.82) is 5.26 Å². The quantitative estimate of drug-likeness (QED) is 0.661. The van der Waals surface area contributed by atoms with Crippen LogP contribution in [-0.4, -0.2) is 9.55 Å². The van der Waals surface area contributed by atoms with Crippen LogP contribution in [0.1, 0.15) is 33.4 Å². The lowest BCUT2D eigenvalue weighted by atomic mass is 10.2. The molecule has 106 valence electrons. The summed E-state index contributed by atoms with van der Waals surface area (Å²) in [4.78, 5) is 7.16. The van der Waals surface area contributed by atoms with Gasteiger partial charge in [0.05, 0.1) is 34.6 Å². The van der Waals surface area contributed by atoms with E-state index < -0.39 is 0 Å². The average molecular weight is 316 g/mol. The van der Waals surface area contributed by atoms with Gasteiger partial charge in [0.15, 0.2) is 0 Å². The molecule has 5 heteroatoms. The monoisotopic (exact) mass is 315 g/mol. The number of imidazole rings is 1. The summed E-state index contributed by atoms with van der Waals surface area (Å²) < 4.78 is 2.11. The lowest BCUT2D eigenvalue weighted by Crippen LogP contribution is -2.04. The second-order valence-electron chi connectivity index (χ2n) is 5.00. The molecule has 3 aromatic rings. The van der Waals surface area contributed by atoms with E-state index in [1.165, 1.54) is 9.75 Å². The first-order valence-electron chi connectivity index (χ1n) is 6.68. The fourth-order valence-electron chi connectivity index (χ4n) is 2.41. The highest BCUT2D eigenvalue weighted by Gasteiger charge is 2.16. The van der Waals surface area contributed by atoms with Gasteiger partial charge < -0.3 is 4.57 Å². The maximum absolute atomic E-state index is 9.09. The molecule has 2 heterocycles. The lowest BCUT2D eigenvalue weighted by Gasteiger charge is -2.09. The van der Waals surface area contributed by atoms with E-state index in [9.17, 15) is 0 Å². The molecule has 0 radical (unpaired) electrons. The first kappa shape index (κ1) is 14.1. The number of halogens is 1. The smallest absolute Gasteiger partial charge is 0.128 e. The molecular formula is C16H14ClN3S. The van der Waals surface area contributed by atoms with Crippen molar-refractivity contribution in [1.82, 2.24) is 9.55 Å². The minimum Gasteiger partial charge on any atom is -0.321 e. The van der Waals surface area contributed by atoms with Crippen molar-refractivity contribution in [2.24, 2.45) is 0 Å². The van der Waals surface area contributed by atoms with Gasteiger partial charge in [-0.25, -0.2) is 4.98 Å². The van der Waals surface area contributed by atoms with Crippen LogP contribution in [0.2, 0.25) is 0 Å². The van der Waals surface area contributed by atoms with Crippen LogP contribution in [0.25, 0.3) is 11.0 Å². The third-order valence-electron chi connectivity index (χ3n) is 3.37. The van der Waals surface area contributed by atoms with Crippen molar-refractivity contribution in [3.63, 3.8) is 0 Å². The van der Waals surface area contributed by atoms with E-state index in [0.717, 1.165) is 23.4 Å². The molecule has 1 unspecified atom stereocenters. The molecule has 0 aliphatic carbocycles. The maximum Gasteiger partial charge on any atom is 0.128 e. The number of hydrogen-bond donors (Lipinski definition) is 0. The van der Waals surface area contributed by atoms with Crippen molar-refractivity contribution in [2.45, 2.75) is 25.8 Å². The molecule has 0 saturated carbocycles. The van der Waals surface area contributed by atoms with Crippen LogP contribution < -0.4 is 0 Å². The number of aromatic nitrogens is 2. The zero-order chi connectivity index (χ0) is 15.0. The third-order valence-corrected chi connectivity index (χ3v) is 4.55. The van der Waals surface area contributed by atoms with Crippen molar-refractivity contribution < 1.29 is 0 Å². The fraction of sp³-hybridized carbons (Fsp3) is 0.250. The molecule has 1 atom stereocenters. The molecule has 3 rings (SSSR count). The molecular weight excluding hydrogens is 302 g/mol. The predicted molar refractivity (Wildman–Crippen MR) is 86.9 cm³/mol. The molecule has 3 nitrogen and oxygen atoms in total. The molecule has 2 aromatic heterocycles. The van der Waals surface area contributed by atoms with E-state index in [-0.39, 0.29) is 5.38 Å². The number of aryl methyl sites for hydroxylation is 1. The molecule has 0 N–H and O–H groups in total. The zero-order valence-electron chi connectivity index (χ0n) is 11.8. The van der Waals surface area contributed by atoms with Gasteiger partial charge in [-0.15, -0.1) is 22.9 Å². The fourth-order valence-corrected chi connectivity index (χ4v) is 3.45. The summed E-state index contributed by atoms with van der Waals surface area (Å²) in [5, 5.41) is 8.92. The number of nitriles is 1. The number of alkyl halides is 1. The third kappa shape index (κ3) is 2.67. The van der Waals surface area contributed by atoms with Crippen molar-refractivity contribution in [3.05, 3.63) is 51.5 Å². The van der Waals surface area contributed by atoms with Gasteiger partial charge in [0, 0.05) is 9.75 Å². The van der Waals surface area contributed by atoms with Crippen LogP contribution in [0.4, 0.5) is 0 Å². The SMILES string of the molecule is Cc1ccc(Cn2c(C(C)Cl)nc3ccc(C#N)cc32)s1. The van der Waals surface area contributed by atoms with Crippen molar-refractivity contribution in [2.75, 3.05) is 0 Å². The van der Waals surface area contributed by atoms with Crippen LogP contribution in [0, 0.1) is 18.3 Å². The molecule has 0 bridgehead atoms. The van der Waals surface area contributed by atoms with E-state index >= 15 is 0 Å². The largest absolute Gasteiger partial charge is 0.321 e. The minimum absolute atomic E-state index is 0.177. The molecule has 0 fully saturated rings. The topological polar surface area (TPSA) is 41.6 Å². The van der Waals surface area contributed by atoms with Gasteiger partial charge in [-0.2, -0.15) is 5.26 Å². The van der Waals surface area contributed by atoms with Gasteiger partial charge in [-0.05, 0) is 44.2 Å². The summed E-state index contributed by atoms with van der Waals surface area (Å²) in [6, 6.07) is 12.0. The van der Waals surface area contributed by atoms with Crippen LogP contribution in [0.15, 0.2) is 30.3 Å². The molecule has 21 heavy (non-hydrogen) atoms. The highest BCUT2D eigenvalue weighted by atomic mass is 35.5. The Kier molecular flexibility index (Phi) is 3.71. The van der Waals surface area contributed by atoms with Gasteiger partial charge >= 0.3 is 0 Å². The molecule has 0 saturated heterocycles. The number of hydrogen-bond acceptors (Lipinski definition) is 3. The summed E-state index contributed by atoms with van der Waals surface area (Å²) in [7, 11) is 0. The van der Waals surface area contributed by atoms with E-state index in [2.05, 4.69) is 34.7 Å². The van der Waals surface area contributed by atoms with Gasteiger partial charge in [0.25, 0.3) is 0 Å². The van der Waals surface area contributed by atoms with Gasteiger partial charge in [-0.3, -0.25) is 0 Å². The first-order valence-corrected chi connectivity index (χ1v) is 7.93. The first-order chi connectivity index (χ1) is 10.1. The Hall–Kier alpha value is -1.83. The van der Waals surface area contributed by atoms with Crippen molar-refractivity contribution in [3.8, 4) is 6.07 Å². The normalized spacial score (nSPS) is 12.5. The molecule has 0 amide bonds. The van der Waals surface area contributed by atoms with Crippen LogP contribution in [0.5, 0.6) is 0 Å². The molecule has 1 aromatic carbocycles. The number of thiophene rings is 1. The standard InChI is InChI=1S/C16H14ClN3S/c1-10-3-5-13(21-10)9-20-15-7-12(8-18)4-6-14(15)19-16(20)11(2)17/h3-7,11H,9H2,1-2H3. The van der Waals surface area contributed by atoms with Crippen molar-refractivity contribution >= 4 is 34.0 Å². The Labute approximate surface area is 132 Å². The summed E-state index contributed by atoms with van der Waals surface area (Å²) >= 11 is 8.05. The highest BCUT2D eigenvalue weighted by molar-refractivity contribution is 7.11. The lowest BCUT2D eigenvalue weighted by molar-refractivity contribution is 0.750. The highest BCUT2D eigenvalue weighted by Crippen LogP contribution is 2.27. The summed E-state index contributed by atoms with van der Waals surface area (Å²) in [6.45, 7) is 4.75. The zero-order valence-corrected chi connectivity index (χ0v) is 13.4. The summed E-state index contributed by atoms with van der Waals surface area (Å²) in [6.07, 6.45) is 0. The van der Waals surface area contributed by atoms with Crippen LogP contribution >= 0.6 is 22.9 Å². The second-order valence-corrected chi connectivity index (χ2v) is 7.03. The van der Waals surface area contributed by atoms with E-state index in [1.807, 2.05) is 19.1 Å². The van der Waals surface area contributed by atoms with Gasteiger partial charge in [0.1, 0.15) is 5.82 Å². The summed E-state index contributed by atoms with van der Waals surface area (Å²) in [5.74, 6) is 0.841. The van der Waals surface area contributed by atoms with E-state index in [4.69, 9.17) is 16.9 Å². The minimum atomic E-state index is -0.177. The Balaban J connectivity index is 2.17. The van der Waals surface area contributed by atoms with Gasteiger partial charge in [0.2, 0.25) is 0 Å². The average Bonchev–Trinajstić information content (AvgIpc) is 3.03. The summed E-state index contributed by atoms with van der Waals surface area (Å²) in [5.41, 5.74) is 2.48. The molecule has 0 aliphatic rings. The Morgan fingerprint density at radius 3 is 2.81 bits per heavy atom. The number of fused-ring (bicyclic) bond motifs is 1. The van der Waals surface area contributed by atoms with E-state index in [0.29, 0.717) is 5.56 Å². The number of nitrogens with zero attached hydrogens (tertiary/aromatic N) is 3. The predicted octanol–water partition coefficient (Wildman–Crippen LogP) is 4.63. The molecule has 0 aliphatic heterocycles. The molecule has 0 spiro atoms. The Morgan fingerprint density at radius 2 is 2.19 bits per heavy atom. The number of rotatable bonds is 3. The maximum atomic E-state index is 9.09. The Morgan fingerprint density at radius 1 is 1.38 bits per heavy atom. The van der Waals surface area contributed by atoms with Crippen LogP contribution in [0.3, 0.4) is 0 Å². The van der Waals surface area contributed by atoms with Gasteiger partial charge in [-0.1, -0.05) is 0 Å². The van der Waals surface area contributed by atoms with E-state index in [1.54, 1.807) is 17.4 Å². The Bertz CT molecular complexity index is 839. The van der Waals surface area contributed by atoms with Crippen LogP contribution in [-0.2, 0) is 6.54 Å². The number of benzene rings is 1. The second kappa shape index (κ2) is 5.51.